The molecule has 1 atom stereocenters. The monoisotopic (exact) mass is 331 g/mol. The van der Waals surface area contributed by atoms with Gasteiger partial charge in [-0.3, -0.25) is 0 Å². The minimum atomic E-state index is -0.312. The summed E-state index contributed by atoms with van der Waals surface area (Å²) in [5.74, 6) is 0.675. The number of rotatable bonds is 8. The first-order valence-corrected chi connectivity index (χ1v) is 7.60. The summed E-state index contributed by atoms with van der Waals surface area (Å²) in [6.07, 6.45) is 1.96. The number of hydrogen-bond acceptors (Lipinski definition) is 2. The molecule has 0 radical (unpaired) electrons. The first kappa shape index (κ1) is 16.4. The topological polar surface area (TPSA) is 21.3 Å². The molecule has 0 bridgehead atoms. The smallest absolute Gasteiger partial charge is 0.165 e. The van der Waals surface area contributed by atoms with Crippen LogP contribution in [0.4, 0.5) is 4.39 Å². The maximum atomic E-state index is 13.5. The summed E-state index contributed by atoms with van der Waals surface area (Å²) in [6, 6.07) is 4.75. The number of halogens is 2. The second-order valence-corrected chi connectivity index (χ2v) is 6.16. The summed E-state index contributed by atoms with van der Waals surface area (Å²) in [6.45, 7) is 8.37. The van der Waals surface area contributed by atoms with Crippen LogP contribution in [0.2, 0.25) is 0 Å². The lowest BCUT2D eigenvalue weighted by Gasteiger charge is -2.16. The highest BCUT2D eigenvalue weighted by molar-refractivity contribution is 9.10. The molecule has 0 amide bonds. The quantitative estimate of drug-likeness (QED) is 0.713. The van der Waals surface area contributed by atoms with Gasteiger partial charge in [0.05, 0.1) is 6.10 Å². The molecule has 0 aromatic heterocycles. The second kappa shape index (κ2) is 8.54. The van der Waals surface area contributed by atoms with Crippen LogP contribution in [0.25, 0.3) is 0 Å². The zero-order chi connectivity index (χ0) is 14.3. The lowest BCUT2D eigenvalue weighted by Crippen LogP contribution is -2.22. The van der Waals surface area contributed by atoms with Crippen molar-refractivity contribution in [2.75, 3.05) is 13.1 Å². The molecule has 0 aliphatic rings. The first-order chi connectivity index (χ1) is 8.99. The van der Waals surface area contributed by atoms with Crippen LogP contribution in [0.5, 0.6) is 5.75 Å². The van der Waals surface area contributed by atoms with E-state index in [9.17, 15) is 4.39 Å². The fourth-order valence-electron chi connectivity index (χ4n) is 1.75. The Kier molecular flexibility index (Phi) is 7.39. The summed E-state index contributed by atoms with van der Waals surface area (Å²) in [4.78, 5) is 0. The normalized spacial score (nSPS) is 12.7. The van der Waals surface area contributed by atoms with E-state index in [1.165, 1.54) is 6.07 Å². The molecule has 2 nitrogen and oxygen atoms in total. The van der Waals surface area contributed by atoms with E-state index in [1.54, 1.807) is 12.1 Å². The molecule has 0 saturated carbocycles. The SMILES string of the molecule is CC(C)CNCCCC(C)Oc1cc(Br)ccc1F. The fraction of sp³-hybridized carbons (Fsp3) is 0.600. The molecule has 0 aliphatic carbocycles. The molecular formula is C15H23BrFNO. The summed E-state index contributed by atoms with van der Waals surface area (Å²) in [7, 11) is 0. The average molecular weight is 332 g/mol. The van der Waals surface area contributed by atoms with Gasteiger partial charge in [-0.15, -0.1) is 0 Å². The predicted molar refractivity (Wildman–Crippen MR) is 81.1 cm³/mol. The van der Waals surface area contributed by atoms with Gasteiger partial charge < -0.3 is 10.1 Å². The highest BCUT2D eigenvalue weighted by Gasteiger charge is 2.09. The molecule has 1 rings (SSSR count). The minimum absolute atomic E-state index is 0.0182. The molecule has 4 heteroatoms. The third kappa shape index (κ3) is 6.92. The molecule has 1 aromatic carbocycles. The maximum absolute atomic E-state index is 13.5. The molecule has 0 fully saturated rings. The Morgan fingerprint density at radius 3 is 2.74 bits per heavy atom. The Morgan fingerprint density at radius 1 is 1.32 bits per heavy atom. The molecule has 1 aromatic rings. The Labute approximate surface area is 123 Å². The molecule has 1 N–H and O–H groups in total. The van der Waals surface area contributed by atoms with Crippen molar-refractivity contribution in [2.45, 2.75) is 39.7 Å². The zero-order valence-corrected chi connectivity index (χ0v) is 13.5. The predicted octanol–water partition coefficient (Wildman–Crippen LogP) is 4.38. The number of ether oxygens (including phenoxy) is 1. The van der Waals surface area contributed by atoms with Crippen molar-refractivity contribution in [3.8, 4) is 5.75 Å². The van der Waals surface area contributed by atoms with E-state index >= 15 is 0 Å². The molecule has 0 saturated heterocycles. The van der Waals surface area contributed by atoms with Crippen molar-refractivity contribution < 1.29 is 9.13 Å². The molecule has 19 heavy (non-hydrogen) atoms. The average Bonchev–Trinajstić information content (AvgIpc) is 2.33. The molecule has 0 heterocycles. The van der Waals surface area contributed by atoms with Gasteiger partial charge in [0, 0.05) is 4.47 Å². The van der Waals surface area contributed by atoms with Crippen LogP contribution in [0, 0.1) is 11.7 Å². The van der Waals surface area contributed by atoms with Crippen LogP contribution >= 0.6 is 15.9 Å². The molecule has 1 unspecified atom stereocenters. The van der Waals surface area contributed by atoms with Crippen molar-refractivity contribution in [1.82, 2.24) is 5.32 Å². The Balaban J connectivity index is 2.27. The minimum Gasteiger partial charge on any atom is -0.488 e. The highest BCUT2D eigenvalue weighted by atomic mass is 79.9. The molecule has 108 valence electrons. The fourth-order valence-corrected chi connectivity index (χ4v) is 2.09. The van der Waals surface area contributed by atoms with E-state index in [2.05, 4.69) is 35.1 Å². The van der Waals surface area contributed by atoms with Crippen LogP contribution in [-0.2, 0) is 0 Å². The molecule has 0 spiro atoms. The van der Waals surface area contributed by atoms with Gasteiger partial charge in [-0.25, -0.2) is 4.39 Å². The van der Waals surface area contributed by atoms with Gasteiger partial charge in [0.15, 0.2) is 11.6 Å². The van der Waals surface area contributed by atoms with Crippen molar-refractivity contribution in [2.24, 2.45) is 5.92 Å². The van der Waals surface area contributed by atoms with E-state index < -0.39 is 0 Å². The highest BCUT2D eigenvalue weighted by Crippen LogP contribution is 2.23. The first-order valence-electron chi connectivity index (χ1n) is 6.81. The van der Waals surface area contributed by atoms with Crippen LogP contribution < -0.4 is 10.1 Å². The summed E-state index contributed by atoms with van der Waals surface area (Å²) in [5, 5.41) is 3.39. The van der Waals surface area contributed by atoms with Crippen LogP contribution in [-0.4, -0.2) is 19.2 Å². The summed E-state index contributed by atoms with van der Waals surface area (Å²) in [5.41, 5.74) is 0. The Bertz CT molecular complexity index is 384. The van der Waals surface area contributed by atoms with Gasteiger partial charge in [-0.2, -0.15) is 0 Å². The zero-order valence-electron chi connectivity index (χ0n) is 11.9. The number of hydrogen-bond donors (Lipinski definition) is 1. The van der Waals surface area contributed by atoms with E-state index in [0.29, 0.717) is 11.7 Å². The largest absolute Gasteiger partial charge is 0.488 e. The van der Waals surface area contributed by atoms with Crippen molar-refractivity contribution in [1.29, 1.82) is 0 Å². The van der Waals surface area contributed by atoms with E-state index in [4.69, 9.17) is 4.74 Å². The summed E-state index contributed by atoms with van der Waals surface area (Å²) >= 11 is 3.32. The van der Waals surface area contributed by atoms with Gasteiger partial charge in [-0.1, -0.05) is 29.8 Å². The van der Waals surface area contributed by atoms with Gasteiger partial charge >= 0.3 is 0 Å². The van der Waals surface area contributed by atoms with Gasteiger partial charge in [-0.05, 0) is 57.0 Å². The third-order valence-corrected chi connectivity index (χ3v) is 3.23. The standard InChI is InChI=1S/C15H23BrFNO/c1-11(2)10-18-8-4-5-12(3)19-15-9-13(16)6-7-14(15)17/h6-7,9,11-12,18H,4-5,8,10H2,1-3H3. The van der Waals surface area contributed by atoms with Gasteiger partial charge in [0.25, 0.3) is 0 Å². The van der Waals surface area contributed by atoms with Crippen LogP contribution in [0.15, 0.2) is 22.7 Å². The number of benzene rings is 1. The number of nitrogens with one attached hydrogen (secondary N) is 1. The molecular weight excluding hydrogens is 309 g/mol. The van der Waals surface area contributed by atoms with Gasteiger partial charge in [0.2, 0.25) is 0 Å². The van der Waals surface area contributed by atoms with E-state index in [-0.39, 0.29) is 11.9 Å². The van der Waals surface area contributed by atoms with Crippen molar-refractivity contribution in [3.05, 3.63) is 28.5 Å². The maximum Gasteiger partial charge on any atom is 0.165 e. The van der Waals surface area contributed by atoms with Crippen molar-refractivity contribution >= 4 is 15.9 Å². The van der Waals surface area contributed by atoms with Crippen LogP contribution in [0.1, 0.15) is 33.6 Å². The molecule has 0 aliphatic heterocycles. The second-order valence-electron chi connectivity index (χ2n) is 5.24. The van der Waals surface area contributed by atoms with Crippen LogP contribution in [0.3, 0.4) is 0 Å². The van der Waals surface area contributed by atoms with Crippen molar-refractivity contribution in [3.63, 3.8) is 0 Å². The third-order valence-electron chi connectivity index (χ3n) is 2.74. The van der Waals surface area contributed by atoms with E-state index in [0.717, 1.165) is 30.4 Å². The lowest BCUT2D eigenvalue weighted by atomic mass is 10.2. The summed E-state index contributed by atoms with van der Waals surface area (Å²) < 4.78 is 20.0. The Hall–Kier alpha value is -0.610. The Morgan fingerprint density at radius 2 is 2.05 bits per heavy atom. The van der Waals surface area contributed by atoms with E-state index in [1.807, 2.05) is 6.92 Å². The lowest BCUT2D eigenvalue weighted by molar-refractivity contribution is 0.198. The van der Waals surface area contributed by atoms with Gasteiger partial charge in [0.1, 0.15) is 0 Å².